The Morgan fingerprint density at radius 1 is 1.25 bits per heavy atom. The zero-order chi connectivity index (χ0) is 32.1. The van der Waals surface area contributed by atoms with Gasteiger partial charge in [0.15, 0.2) is 17.2 Å². The maximum Gasteiger partial charge on any atom is 0.249 e. The fraction of sp³-hybridized carbons (Fsp3) is 0.267. The molecule has 3 aliphatic rings. The molecule has 0 saturated carbocycles. The molecule has 0 unspecified atom stereocenters. The fourth-order valence-corrected chi connectivity index (χ4v) is 6.40. The number of nitrogens with one attached hydrogen (secondary N) is 1. The minimum absolute atomic E-state index is 0.0561. The predicted molar refractivity (Wildman–Crippen MR) is 145 cm³/mol. The smallest absolute Gasteiger partial charge is 0.249 e. The number of fused-ring (bicyclic) bond motifs is 4. The normalized spacial score (nSPS) is 22.6. The highest BCUT2D eigenvalue weighted by Crippen LogP contribution is 2.53. The molecule has 4 heterocycles. The van der Waals surface area contributed by atoms with E-state index in [2.05, 4.69) is 10.4 Å². The summed E-state index contributed by atoms with van der Waals surface area (Å²) in [5, 5.41) is 7.10. The molecule has 3 aliphatic heterocycles. The Hall–Kier alpha value is -3.95. The third-order valence-corrected chi connectivity index (χ3v) is 8.22. The fourth-order valence-electron chi connectivity index (χ4n) is 6.13. The van der Waals surface area contributed by atoms with Crippen LogP contribution in [0.25, 0.3) is 22.3 Å². The molecule has 1 fully saturated rings. The van der Waals surface area contributed by atoms with Gasteiger partial charge in [0.25, 0.3) is 0 Å². The summed E-state index contributed by atoms with van der Waals surface area (Å²) in [7, 11) is 1.69. The second-order valence-corrected chi connectivity index (χ2v) is 10.5. The highest BCUT2D eigenvalue weighted by atomic mass is 35.5. The molecule has 3 aromatic carbocycles. The number of carbonyl (C=O) groups is 1. The van der Waals surface area contributed by atoms with Gasteiger partial charge < -0.3 is 20.5 Å². The molecule has 0 spiro atoms. The lowest BCUT2D eigenvalue weighted by Gasteiger charge is -2.35. The van der Waals surface area contributed by atoms with E-state index in [-0.39, 0.29) is 52.3 Å². The van der Waals surface area contributed by atoms with Crippen molar-refractivity contribution in [3.05, 3.63) is 87.6 Å². The Balaban J connectivity index is 1.51. The molecule has 0 aliphatic carbocycles. The maximum absolute atomic E-state index is 16.7. The first-order valence-corrected chi connectivity index (χ1v) is 13.1. The highest BCUT2D eigenvalue weighted by molar-refractivity contribution is 6.34. The molecule has 1 aromatic heterocycles. The van der Waals surface area contributed by atoms with Crippen LogP contribution < -0.4 is 20.5 Å². The standard InChI is InChI=1S/C30H25ClF2N4O3/c1-37-13-19-16-10-17(29(34)38)25(27(33)28(16)39-14-21(19)36-37)24-18-12-30(23-8-5-9-35-23,15-6-3-2-4-7-15)40-22(18)11-20(32)26(24)31/h2-4,6-7,10-11,13,23,35H,5,8-9,12,14H2,1H3,(H2,34,38)/t23-,30-/m0/s1/i2D,3D,4D,6D,7D. The Bertz CT molecular complexity index is 1960. The van der Waals surface area contributed by atoms with Crippen LogP contribution in [-0.4, -0.2) is 28.3 Å². The van der Waals surface area contributed by atoms with Crippen LogP contribution in [0.5, 0.6) is 11.5 Å². The van der Waals surface area contributed by atoms with Crippen LogP contribution in [0.1, 0.15) is 46.9 Å². The maximum atomic E-state index is 16.7. The third kappa shape index (κ3) is 3.57. The number of aromatic nitrogens is 2. The van der Waals surface area contributed by atoms with Crippen LogP contribution in [0.3, 0.4) is 0 Å². The van der Waals surface area contributed by atoms with Crippen molar-refractivity contribution in [3.63, 3.8) is 0 Å². The van der Waals surface area contributed by atoms with Crippen molar-refractivity contribution >= 4 is 17.5 Å². The number of nitrogens with two attached hydrogens (primary N) is 1. The van der Waals surface area contributed by atoms with Crippen LogP contribution in [-0.2, 0) is 25.7 Å². The van der Waals surface area contributed by atoms with Gasteiger partial charge in [-0.3, -0.25) is 9.48 Å². The molecular formula is C30H25ClF2N4O3. The van der Waals surface area contributed by atoms with Gasteiger partial charge in [0.2, 0.25) is 5.91 Å². The number of halogens is 3. The first kappa shape index (κ1) is 20.0. The van der Waals surface area contributed by atoms with Crippen molar-refractivity contribution in [2.24, 2.45) is 12.8 Å². The second-order valence-electron chi connectivity index (χ2n) is 10.1. The largest absolute Gasteiger partial charge is 0.483 e. The molecule has 204 valence electrons. The number of ether oxygens (including phenoxy) is 2. The van der Waals surface area contributed by atoms with Crippen molar-refractivity contribution in [1.29, 1.82) is 0 Å². The van der Waals surface area contributed by atoms with Gasteiger partial charge in [-0.1, -0.05) is 41.8 Å². The van der Waals surface area contributed by atoms with Crippen molar-refractivity contribution < 1.29 is 29.9 Å². The Labute approximate surface area is 240 Å². The summed E-state index contributed by atoms with van der Waals surface area (Å²) in [6.07, 6.45) is 2.67. The van der Waals surface area contributed by atoms with Crippen LogP contribution in [0.15, 0.2) is 48.5 Å². The summed E-state index contributed by atoms with van der Waals surface area (Å²) < 4.78 is 88.4. The van der Waals surface area contributed by atoms with E-state index < -0.39 is 70.0 Å². The zero-order valence-corrected chi connectivity index (χ0v) is 21.9. The van der Waals surface area contributed by atoms with Crippen molar-refractivity contribution in [3.8, 4) is 33.8 Å². The number of rotatable bonds is 4. The van der Waals surface area contributed by atoms with E-state index in [0.717, 1.165) is 6.07 Å². The predicted octanol–water partition coefficient (Wildman–Crippen LogP) is 5.26. The molecule has 2 atom stereocenters. The SMILES string of the molecule is [2H]c1c([2H])c([2H])c([C@]2([C@@H]3CCCN3)Cc3c(cc(F)c(Cl)c3-c3c(C(N)=O)cc4c(c3F)OCc3nn(C)cc3-4)O2)c([2H])c1[2H]. The first-order chi connectivity index (χ1) is 21.4. The lowest BCUT2D eigenvalue weighted by Crippen LogP contribution is -2.48. The number of amides is 1. The molecule has 3 N–H and O–H groups in total. The van der Waals surface area contributed by atoms with Gasteiger partial charge in [-0.15, -0.1) is 0 Å². The minimum atomic E-state index is -1.63. The highest BCUT2D eigenvalue weighted by Gasteiger charge is 2.50. The van der Waals surface area contributed by atoms with Crippen molar-refractivity contribution in [2.75, 3.05) is 6.54 Å². The molecule has 0 radical (unpaired) electrons. The van der Waals surface area contributed by atoms with Gasteiger partial charge in [0.1, 0.15) is 23.9 Å². The van der Waals surface area contributed by atoms with Gasteiger partial charge in [-0.2, -0.15) is 5.10 Å². The molecule has 40 heavy (non-hydrogen) atoms. The van der Waals surface area contributed by atoms with Gasteiger partial charge in [0, 0.05) is 53.5 Å². The molecule has 1 amide bonds. The van der Waals surface area contributed by atoms with Crippen molar-refractivity contribution in [2.45, 2.75) is 37.5 Å². The van der Waals surface area contributed by atoms with Gasteiger partial charge in [0.05, 0.1) is 23.5 Å². The zero-order valence-electron chi connectivity index (χ0n) is 26.2. The van der Waals surface area contributed by atoms with E-state index >= 15 is 8.78 Å². The average Bonchev–Trinajstić information content (AvgIpc) is 3.75. The number of hydrogen-bond acceptors (Lipinski definition) is 5. The summed E-state index contributed by atoms with van der Waals surface area (Å²) in [6, 6.07) is -0.839. The number of primary amides is 1. The van der Waals surface area contributed by atoms with E-state index in [1.165, 1.54) is 10.7 Å². The van der Waals surface area contributed by atoms with E-state index in [0.29, 0.717) is 30.6 Å². The Kier molecular flexibility index (Phi) is 4.52. The number of carbonyl (C=O) groups excluding carboxylic acids is 1. The van der Waals surface area contributed by atoms with E-state index in [1.54, 1.807) is 13.2 Å². The number of nitrogens with zero attached hydrogens (tertiary/aromatic N) is 2. The number of benzene rings is 3. The first-order valence-electron chi connectivity index (χ1n) is 15.2. The van der Waals surface area contributed by atoms with E-state index in [9.17, 15) is 4.79 Å². The van der Waals surface area contributed by atoms with Gasteiger partial charge >= 0.3 is 0 Å². The van der Waals surface area contributed by atoms with Crippen LogP contribution >= 0.6 is 11.6 Å². The quantitative estimate of drug-likeness (QED) is 0.351. The van der Waals surface area contributed by atoms with Crippen LogP contribution in [0, 0.1) is 11.6 Å². The van der Waals surface area contributed by atoms with E-state index in [4.69, 9.17) is 33.7 Å². The monoisotopic (exact) mass is 567 g/mol. The summed E-state index contributed by atoms with van der Waals surface area (Å²) in [4.78, 5) is 12.9. The van der Waals surface area contributed by atoms with Crippen molar-refractivity contribution in [1.82, 2.24) is 15.1 Å². The molecule has 7 rings (SSSR count). The Morgan fingerprint density at radius 3 is 2.77 bits per heavy atom. The molecule has 10 heteroatoms. The average molecular weight is 568 g/mol. The van der Waals surface area contributed by atoms with Gasteiger partial charge in [-0.05, 0) is 31.0 Å². The second kappa shape index (κ2) is 9.04. The molecule has 0 bridgehead atoms. The minimum Gasteiger partial charge on any atom is -0.483 e. The summed E-state index contributed by atoms with van der Waals surface area (Å²) >= 11 is 6.58. The molecule has 7 nitrogen and oxygen atoms in total. The Morgan fingerprint density at radius 2 is 2.05 bits per heavy atom. The lowest BCUT2D eigenvalue weighted by molar-refractivity contribution is 0.0539. The third-order valence-electron chi connectivity index (χ3n) is 7.85. The molecule has 4 aromatic rings. The summed E-state index contributed by atoms with van der Waals surface area (Å²) in [5.41, 5.74) is 4.64. The topological polar surface area (TPSA) is 91.4 Å². The lowest BCUT2D eigenvalue weighted by atomic mass is 9.80. The van der Waals surface area contributed by atoms with Crippen LogP contribution in [0.4, 0.5) is 8.78 Å². The van der Waals surface area contributed by atoms with Crippen LogP contribution in [0.2, 0.25) is 5.02 Å². The molecule has 1 saturated heterocycles. The molecular weight excluding hydrogens is 538 g/mol. The number of aryl methyl sites for hydroxylation is 1. The van der Waals surface area contributed by atoms with E-state index in [1.807, 2.05) is 0 Å². The number of hydrogen-bond donors (Lipinski definition) is 2. The summed E-state index contributed by atoms with van der Waals surface area (Å²) in [6.45, 7) is 0.505. The van der Waals surface area contributed by atoms with Gasteiger partial charge in [-0.25, -0.2) is 8.78 Å². The summed E-state index contributed by atoms with van der Waals surface area (Å²) in [5.74, 6) is -3.26.